The number of Topliss-reactive ketones (excluding diaryl/α,β-unsaturated/α-hetero) is 1. The number of carbonyl (C=O) groups excluding carboxylic acids is 1. The molecule has 0 aliphatic heterocycles. The third-order valence-electron chi connectivity index (χ3n) is 3.36. The second-order valence-corrected chi connectivity index (χ2v) is 4.72. The predicted molar refractivity (Wildman–Crippen MR) is 62.9 cm³/mol. The highest BCUT2D eigenvalue weighted by Crippen LogP contribution is 2.32. The molecule has 0 heterocycles. The van der Waals surface area contributed by atoms with E-state index >= 15 is 0 Å². The number of rotatable bonds is 3. The van der Waals surface area contributed by atoms with Gasteiger partial charge < -0.3 is 0 Å². The highest BCUT2D eigenvalue weighted by Gasteiger charge is 2.22. The first kappa shape index (κ1) is 11.3. The van der Waals surface area contributed by atoms with Gasteiger partial charge in [0.15, 0.2) is 12.5 Å². The van der Waals surface area contributed by atoms with Crippen LogP contribution in [-0.4, -0.2) is 12.5 Å². The first-order valence-corrected chi connectivity index (χ1v) is 5.89. The van der Waals surface area contributed by atoms with Crippen molar-refractivity contribution < 1.29 is 9.18 Å². The van der Waals surface area contributed by atoms with E-state index in [1.165, 1.54) is 11.1 Å². The Labute approximate surface area is 95.7 Å². The molecule has 1 aromatic rings. The molecule has 0 unspecified atom stereocenters. The molecule has 2 rings (SSSR count). The van der Waals surface area contributed by atoms with E-state index in [2.05, 4.69) is 13.8 Å². The summed E-state index contributed by atoms with van der Waals surface area (Å²) >= 11 is 0. The van der Waals surface area contributed by atoms with Crippen molar-refractivity contribution >= 4 is 5.78 Å². The van der Waals surface area contributed by atoms with Crippen LogP contribution < -0.4 is 0 Å². The summed E-state index contributed by atoms with van der Waals surface area (Å²) in [5, 5.41) is 0. The van der Waals surface area contributed by atoms with Gasteiger partial charge in [0.25, 0.3) is 0 Å². The van der Waals surface area contributed by atoms with Crippen LogP contribution in [0.4, 0.5) is 4.39 Å². The molecule has 0 radical (unpaired) electrons. The van der Waals surface area contributed by atoms with Crippen LogP contribution in [-0.2, 0) is 12.8 Å². The number of ketones is 1. The molecule has 1 nitrogen and oxygen atoms in total. The Bertz CT molecular complexity index is 421. The Morgan fingerprint density at radius 3 is 2.62 bits per heavy atom. The van der Waals surface area contributed by atoms with E-state index in [1.54, 1.807) is 6.07 Å². The molecule has 0 saturated carbocycles. The van der Waals surface area contributed by atoms with Crippen LogP contribution >= 0.6 is 0 Å². The van der Waals surface area contributed by atoms with Crippen molar-refractivity contribution in [2.75, 3.05) is 6.67 Å². The molecule has 1 aromatic carbocycles. The topological polar surface area (TPSA) is 17.1 Å². The molecule has 1 aliphatic rings. The van der Waals surface area contributed by atoms with Gasteiger partial charge in [0, 0.05) is 5.56 Å². The number of hydrogen-bond donors (Lipinski definition) is 0. The summed E-state index contributed by atoms with van der Waals surface area (Å²) in [7, 11) is 0. The largest absolute Gasteiger partial charge is 0.291 e. The fourth-order valence-corrected chi connectivity index (χ4v) is 2.61. The summed E-state index contributed by atoms with van der Waals surface area (Å²) < 4.78 is 12.5. The molecule has 0 aromatic heterocycles. The lowest BCUT2D eigenvalue weighted by molar-refractivity contribution is 0.0958. The molecule has 86 valence electrons. The lowest BCUT2D eigenvalue weighted by Crippen LogP contribution is -2.07. The summed E-state index contributed by atoms with van der Waals surface area (Å²) in [5.41, 5.74) is 4.34. The zero-order chi connectivity index (χ0) is 11.7. The second kappa shape index (κ2) is 4.36. The zero-order valence-corrected chi connectivity index (χ0v) is 9.85. The van der Waals surface area contributed by atoms with Crippen molar-refractivity contribution in [1.29, 1.82) is 0 Å². The molecule has 0 saturated heterocycles. The second-order valence-electron chi connectivity index (χ2n) is 4.72. The van der Waals surface area contributed by atoms with E-state index < -0.39 is 6.67 Å². The lowest BCUT2D eigenvalue weighted by atomic mass is 9.91. The lowest BCUT2D eigenvalue weighted by Gasteiger charge is -2.14. The van der Waals surface area contributed by atoms with Crippen molar-refractivity contribution in [2.24, 2.45) is 0 Å². The third kappa shape index (κ3) is 1.77. The van der Waals surface area contributed by atoms with Crippen LogP contribution in [0.25, 0.3) is 0 Å². The van der Waals surface area contributed by atoms with Crippen LogP contribution in [0, 0.1) is 0 Å². The van der Waals surface area contributed by atoms with Gasteiger partial charge in [0.1, 0.15) is 0 Å². The van der Waals surface area contributed by atoms with Gasteiger partial charge in [-0.25, -0.2) is 4.39 Å². The maximum atomic E-state index is 12.5. The number of halogens is 1. The van der Waals surface area contributed by atoms with Crippen molar-refractivity contribution in [3.8, 4) is 0 Å². The van der Waals surface area contributed by atoms with E-state index in [0.717, 1.165) is 24.8 Å². The molecule has 0 atom stereocenters. The summed E-state index contributed by atoms with van der Waals surface area (Å²) in [6.45, 7) is 3.43. The molecule has 0 amide bonds. The van der Waals surface area contributed by atoms with Gasteiger partial charge >= 0.3 is 0 Å². The van der Waals surface area contributed by atoms with Crippen molar-refractivity contribution in [3.05, 3.63) is 34.4 Å². The van der Waals surface area contributed by atoms with Crippen molar-refractivity contribution in [3.63, 3.8) is 0 Å². The van der Waals surface area contributed by atoms with Gasteiger partial charge in [-0.3, -0.25) is 4.79 Å². The quantitative estimate of drug-likeness (QED) is 0.713. The maximum Gasteiger partial charge on any atom is 0.194 e. The molecule has 1 aliphatic carbocycles. The van der Waals surface area contributed by atoms with Crippen LogP contribution in [0.2, 0.25) is 0 Å². The van der Waals surface area contributed by atoms with Gasteiger partial charge in [-0.15, -0.1) is 0 Å². The van der Waals surface area contributed by atoms with Gasteiger partial charge in [-0.05, 0) is 41.9 Å². The summed E-state index contributed by atoms with van der Waals surface area (Å²) in [6.07, 6.45) is 3.05. The van der Waals surface area contributed by atoms with Crippen molar-refractivity contribution in [1.82, 2.24) is 0 Å². The summed E-state index contributed by atoms with van der Waals surface area (Å²) in [4.78, 5) is 11.5. The highest BCUT2D eigenvalue weighted by molar-refractivity contribution is 5.99. The maximum absolute atomic E-state index is 12.5. The monoisotopic (exact) mass is 220 g/mol. The minimum atomic E-state index is -0.881. The van der Waals surface area contributed by atoms with Crippen molar-refractivity contribution in [2.45, 2.75) is 39.0 Å². The fraction of sp³-hybridized carbons (Fsp3) is 0.500. The molecule has 0 bridgehead atoms. The van der Waals surface area contributed by atoms with E-state index in [0.29, 0.717) is 11.5 Å². The fourth-order valence-electron chi connectivity index (χ4n) is 2.61. The minimum absolute atomic E-state index is 0.367. The van der Waals surface area contributed by atoms with E-state index in [1.807, 2.05) is 6.07 Å². The van der Waals surface area contributed by atoms with Gasteiger partial charge in [0.2, 0.25) is 0 Å². The first-order chi connectivity index (χ1) is 7.65. The highest BCUT2D eigenvalue weighted by atomic mass is 19.1. The Kier molecular flexibility index (Phi) is 3.08. The van der Waals surface area contributed by atoms with E-state index in [9.17, 15) is 9.18 Å². The number of carbonyl (C=O) groups is 1. The number of fused-ring (bicyclic) bond motifs is 1. The molecule has 0 N–H and O–H groups in total. The molecule has 16 heavy (non-hydrogen) atoms. The molecule has 0 spiro atoms. The first-order valence-electron chi connectivity index (χ1n) is 5.89. The average molecular weight is 220 g/mol. The standard InChI is InChI=1S/C14H17FO/c1-9(2)10-6-7-13(14(16)8-15)12-5-3-4-11(10)12/h6-7,9H,3-5,8H2,1-2H3. The zero-order valence-electron chi connectivity index (χ0n) is 9.85. The Balaban J connectivity index is 2.53. The molecule has 2 heteroatoms. The predicted octanol–water partition coefficient (Wildman–Crippen LogP) is 3.45. The minimum Gasteiger partial charge on any atom is -0.291 e. The number of alkyl halides is 1. The summed E-state index contributed by atoms with van der Waals surface area (Å²) in [6, 6.07) is 3.80. The van der Waals surface area contributed by atoms with Gasteiger partial charge in [-0.1, -0.05) is 26.0 Å². The van der Waals surface area contributed by atoms with Crippen LogP contribution in [0.3, 0.4) is 0 Å². The average Bonchev–Trinajstić information content (AvgIpc) is 2.75. The molecular weight excluding hydrogens is 203 g/mol. The number of benzene rings is 1. The van der Waals surface area contributed by atoms with Crippen LogP contribution in [0.5, 0.6) is 0 Å². The summed E-state index contributed by atoms with van der Waals surface area (Å²) in [5.74, 6) is 0.106. The molecular formula is C14H17FO. The Hall–Kier alpha value is -1.18. The Morgan fingerprint density at radius 1 is 1.31 bits per heavy atom. The number of hydrogen-bond acceptors (Lipinski definition) is 1. The van der Waals surface area contributed by atoms with Crippen LogP contribution in [0.1, 0.15) is 53.2 Å². The van der Waals surface area contributed by atoms with Crippen LogP contribution in [0.15, 0.2) is 12.1 Å². The molecule has 0 fully saturated rings. The SMILES string of the molecule is CC(C)c1ccc(C(=O)CF)c2c1CCC2. The van der Waals surface area contributed by atoms with Gasteiger partial charge in [-0.2, -0.15) is 0 Å². The Morgan fingerprint density at radius 2 is 2.00 bits per heavy atom. The third-order valence-corrected chi connectivity index (χ3v) is 3.36. The van der Waals surface area contributed by atoms with Gasteiger partial charge in [0.05, 0.1) is 0 Å². The van der Waals surface area contributed by atoms with E-state index in [-0.39, 0.29) is 5.78 Å². The normalized spacial score (nSPS) is 14.2. The van der Waals surface area contributed by atoms with E-state index in [4.69, 9.17) is 0 Å². The smallest absolute Gasteiger partial charge is 0.194 e.